The molecule has 0 atom stereocenters. The van der Waals surface area contributed by atoms with Crippen LogP contribution in [-0.4, -0.2) is 33.2 Å². The fourth-order valence-corrected chi connectivity index (χ4v) is 4.28. The van der Waals surface area contributed by atoms with Gasteiger partial charge in [-0.05, 0) is 49.5 Å². The summed E-state index contributed by atoms with van der Waals surface area (Å²) in [6, 6.07) is 9.01. The zero-order chi connectivity index (χ0) is 23.0. The molecule has 9 heteroatoms. The van der Waals surface area contributed by atoms with Crippen LogP contribution in [0.15, 0.2) is 36.4 Å². The minimum atomic E-state index is -2.23. The van der Waals surface area contributed by atoms with E-state index < -0.39 is 20.0 Å². The second-order valence-corrected chi connectivity index (χ2v) is 12.1. The highest BCUT2D eigenvalue weighted by Crippen LogP contribution is 2.22. The number of hydrogen-bond acceptors (Lipinski definition) is 4. The van der Waals surface area contributed by atoms with E-state index in [1.54, 1.807) is 12.1 Å². The van der Waals surface area contributed by atoms with Gasteiger partial charge in [-0.3, -0.25) is 0 Å². The highest BCUT2D eigenvalue weighted by Gasteiger charge is 2.15. The minimum absolute atomic E-state index is 0.0973. The first kappa shape index (κ1) is 25.1. The summed E-state index contributed by atoms with van der Waals surface area (Å²) in [6.45, 7) is 3.64. The Balaban J connectivity index is 1.86. The largest absolute Gasteiger partial charge is 0.449 e. The molecule has 0 amide bonds. The monoisotopic (exact) mass is 512 g/mol. The van der Waals surface area contributed by atoms with Crippen molar-refractivity contribution in [2.45, 2.75) is 13.1 Å². The number of esters is 2. The van der Waals surface area contributed by atoms with Crippen LogP contribution >= 0.6 is 46.4 Å². The maximum Gasteiger partial charge on any atom is 0.340 e. The van der Waals surface area contributed by atoms with Crippen molar-refractivity contribution in [2.24, 2.45) is 0 Å². The van der Waals surface area contributed by atoms with Gasteiger partial charge in [0.15, 0.2) is 13.2 Å². The smallest absolute Gasteiger partial charge is 0.340 e. The first-order valence-electron chi connectivity index (χ1n) is 8.83. The summed E-state index contributed by atoms with van der Waals surface area (Å²) in [7, 11) is -2.23. The summed E-state index contributed by atoms with van der Waals surface area (Å²) in [4.78, 5) is 24.1. The average molecular weight is 514 g/mol. The molecule has 0 fully saturated rings. The van der Waals surface area contributed by atoms with Gasteiger partial charge < -0.3 is 9.47 Å². The summed E-state index contributed by atoms with van der Waals surface area (Å²) in [5.41, 5.74) is 6.49. The van der Waals surface area contributed by atoms with Crippen LogP contribution in [0.5, 0.6) is 0 Å². The molecule has 0 spiro atoms. The molecule has 31 heavy (non-hydrogen) atoms. The van der Waals surface area contributed by atoms with E-state index in [1.165, 1.54) is 24.3 Å². The van der Waals surface area contributed by atoms with Gasteiger partial charge >= 0.3 is 11.9 Å². The summed E-state index contributed by atoms with van der Waals surface area (Å²) < 4.78 is 10.2. The molecule has 0 bridgehead atoms. The molecule has 0 saturated carbocycles. The Morgan fingerprint density at radius 1 is 0.774 bits per heavy atom. The van der Waals surface area contributed by atoms with Crippen molar-refractivity contribution in [3.63, 3.8) is 0 Å². The quantitative estimate of drug-likeness (QED) is 0.281. The fraction of sp³-hybridized carbons (Fsp3) is 0.182. The number of ether oxygens (including phenoxy) is 2. The Bertz CT molecular complexity index is 1040. The van der Waals surface area contributed by atoms with Crippen molar-refractivity contribution < 1.29 is 19.1 Å². The maximum absolute atomic E-state index is 12.0. The lowest BCUT2D eigenvalue weighted by Gasteiger charge is -2.06. The molecule has 0 aliphatic rings. The van der Waals surface area contributed by atoms with E-state index in [-0.39, 0.29) is 34.4 Å². The van der Waals surface area contributed by atoms with E-state index in [2.05, 4.69) is 22.9 Å². The van der Waals surface area contributed by atoms with Crippen molar-refractivity contribution in [3.05, 3.63) is 67.6 Å². The lowest BCUT2D eigenvalue weighted by Crippen LogP contribution is -2.21. The normalized spacial score (nSPS) is 10.3. The molecular formula is C22H16Cl4O4Si. The van der Waals surface area contributed by atoms with Crippen LogP contribution in [0.3, 0.4) is 0 Å². The highest BCUT2D eigenvalue weighted by atomic mass is 35.5. The summed E-state index contributed by atoms with van der Waals surface area (Å²) in [5.74, 6) is 4.43. The molecule has 0 heterocycles. The molecule has 0 aliphatic heterocycles. The van der Waals surface area contributed by atoms with E-state index in [4.69, 9.17) is 55.9 Å². The molecule has 0 aromatic heterocycles. The Hall–Kier alpha value is -2.12. The van der Waals surface area contributed by atoms with E-state index in [0.29, 0.717) is 10.0 Å². The molecular weight excluding hydrogens is 498 g/mol. The Kier molecular flexibility index (Phi) is 9.31. The van der Waals surface area contributed by atoms with Crippen molar-refractivity contribution in [1.29, 1.82) is 0 Å². The second kappa shape index (κ2) is 11.5. The van der Waals surface area contributed by atoms with Crippen LogP contribution in [0.25, 0.3) is 0 Å². The van der Waals surface area contributed by atoms with E-state index >= 15 is 0 Å². The molecule has 0 radical (unpaired) electrons. The van der Waals surface area contributed by atoms with Crippen molar-refractivity contribution in [3.8, 4) is 22.9 Å². The predicted molar refractivity (Wildman–Crippen MR) is 127 cm³/mol. The van der Waals surface area contributed by atoms with Crippen LogP contribution in [0, 0.1) is 22.9 Å². The van der Waals surface area contributed by atoms with Gasteiger partial charge in [0.05, 0.1) is 21.2 Å². The van der Waals surface area contributed by atoms with Gasteiger partial charge in [-0.2, -0.15) is 0 Å². The minimum Gasteiger partial charge on any atom is -0.449 e. The van der Waals surface area contributed by atoms with Crippen LogP contribution in [-0.2, 0) is 9.47 Å². The fourth-order valence-electron chi connectivity index (χ4n) is 2.21. The van der Waals surface area contributed by atoms with Crippen molar-refractivity contribution in [2.75, 3.05) is 13.2 Å². The van der Waals surface area contributed by atoms with Crippen molar-refractivity contribution >= 4 is 66.4 Å². The average Bonchev–Trinajstić information content (AvgIpc) is 2.68. The summed E-state index contributed by atoms with van der Waals surface area (Å²) in [6.07, 6.45) is 0. The summed E-state index contributed by atoms with van der Waals surface area (Å²) >= 11 is 23.6. The Morgan fingerprint density at radius 2 is 1.16 bits per heavy atom. The van der Waals surface area contributed by atoms with Crippen LogP contribution in [0.1, 0.15) is 20.7 Å². The number of hydrogen-bond donors (Lipinski definition) is 0. The summed E-state index contributed by atoms with van der Waals surface area (Å²) in [5, 5.41) is 1.27. The van der Waals surface area contributed by atoms with Gasteiger partial charge in [0.2, 0.25) is 8.07 Å². The molecule has 0 saturated heterocycles. The third kappa shape index (κ3) is 8.14. The third-order valence-electron chi connectivity index (χ3n) is 3.65. The number of carbonyl (C=O) groups is 2. The van der Waals surface area contributed by atoms with Gasteiger partial charge in [0, 0.05) is 10.0 Å². The van der Waals surface area contributed by atoms with Gasteiger partial charge in [0.25, 0.3) is 0 Å². The van der Waals surface area contributed by atoms with Gasteiger partial charge in [-0.15, -0.1) is 11.1 Å². The van der Waals surface area contributed by atoms with Crippen LogP contribution in [0.4, 0.5) is 0 Å². The first-order chi connectivity index (χ1) is 14.6. The van der Waals surface area contributed by atoms with Crippen LogP contribution < -0.4 is 0 Å². The van der Waals surface area contributed by atoms with E-state index in [9.17, 15) is 9.59 Å². The standard InChI is InChI=1S/C22H16Cl4O4Si/c1-31(2,11-3-9-29-21(27)17-7-5-15(23)13-19(17)25)12-4-10-30-22(28)18-8-6-16(24)14-20(18)26/h5-8,13-14H,9-10H2,1-2H3. The van der Waals surface area contributed by atoms with E-state index in [0.717, 1.165) is 0 Å². The van der Waals surface area contributed by atoms with Crippen molar-refractivity contribution in [1.82, 2.24) is 0 Å². The Morgan fingerprint density at radius 3 is 1.52 bits per heavy atom. The number of carbonyl (C=O) groups excluding carboxylic acids is 2. The number of benzene rings is 2. The molecule has 2 rings (SSSR count). The van der Waals surface area contributed by atoms with Gasteiger partial charge in [-0.25, -0.2) is 9.59 Å². The predicted octanol–water partition coefficient (Wildman–Crippen LogP) is 6.11. The van der Waals surface area contributed by atoms with Gasteiger partial charge in [0.1, 0.15) is 0 Å². The Labute approximate surface area is 201 Å². The zero-order valence-electron chi connectivity index (χ0n) is 16.5. The first-order valence-corrected chi connectivity index (χ1v) is 13.3. The van der Waals surface area contributed by atoms with Crippen LogP contribution in [0.2, 0.25) is 33.2 Å². The molecule has 160 valence electrons. The number of halogens is 4. The molecule has 2 aromatic rings. The van der Waals surface area contributed by atoms with Gasteiger partial charge in [-0.1, -0.05) is 58.2 Å². The highest BCUT2D eigenvalue weighted by molar-refractivity contribution is 6.92. The molecule has 0 N–H and O–H groups in total. The molecule has 0 aliphatic carbocycles. The van der Waals surface area contributed by atoms with E-state index in [1.807, 2.05) is 13.1 Å². The zero-order valence-corrected chi connectivity index (χ0v) is 20.5. The third-order valence-corrected chi connectivity index (χ3v) is 6.35. The second-order valence-electron chi connectivity index (χ2n) is 6.63. The molecule has 0 unspecified atom stereocenters. The topological polar surface area (TPSA) is 52.6 Å². The number of rotatable bonds is 4. The molecule has 4 nitrogen and oxygen atoms in total. The lowest BCUT2D eigenvalue weighted by molar-refractivity contribution is 0.0547. The SMILES string of the molecule is C[Si](C)(C#CCOC(=O)c1ccc(Cl)cc1Cl)C#CCOC(=O)c1ccc(Cl)cc1Cl. The maximum atomic E-state index is 12.0. The lowest BCUT2D eigenvalue weighted by atomic mass is 10.2. The molecule has 2 aromatic carbocycles.